The Labute approximate surface area is 184 Å². The van der Waals surface area contributed by atoms with Crippen molar-refractivity contribution in [3.63, 3.8) is 0 Å². The highest BCUT2D eigenvalue weighted by molar-refractivity contribution is 6.30. The third-order valence-electron chi connectivity index (χ3n) is 5.34. The van der Waals surface area contributed by atoms with Gasteiger partial charge in [-0.1, -0.05) is 49.7 Å². The molecule has 2 aromatic carbocycles. The maximum Gasteiger partial charge on any atom is 0.416 e. The summed E-state index contributed by atoms with van der Waals surface area (Å²) in [7, 11) is 0. The quantitative estimate of drug-likeness (QED) is 0.695. The lowest BCUT2D eigenvalue weighted by atomic mass is 9.87. The van der Waals surface area contributed by atoms with E-state index < -0.39 is 23.6 Å². The summed E-state index contributed by atoms with van der Waals surface area (Å²) in [6, 6.07) is 11.5. The molecule has 0 saturated carbocycles. The number of alkyl halides is 3. The fourth-order valence-corrected chi connectivity index (χ4v) is 3.95. The number of halogens is 4. The molecule has 1 aliphatic rings. The minimum Gasteiger partial charge on any atom is -0.356 e. The fourth-order valence-electron chi connectivity index (χ4n) is 3.76. The van der Waals surface area contributed by atoms with Crippen molar-refractivity contribution in [2.45, 2.75) is 25.9 Å². The van der Waals surface area contributed by atoms with Crippen LogP contribution >= 0.6 is 11.6 Å². The molecule has 1 fully saturated rings. The topological polar surface area (TPSA) is 49.4 Å². The Morgan fingerprint density at radius 1 is 1.13 bits per heavy atom. The van der Waals surface area contributed by atoms with Crippen LogP contribution in [-0.2, 0) is 11.0 Å². The van der Waals surface area contributed by atoms with Crippen LogP contribution in [0.15, 0.2) is 48.5 Å². The zero-order chi connectivity index (χ0) is 22.8. The van der Waals surface area contributed by atoms with Crippen LogP contribution in [0.2, 0.25) is 5.02 Å². The van der Waals surface area contributed by atoms with E-state index in [2.05, 4.69) is 5.32 Å². The van der Waals surface area contributed by atoms with E-state index in [0.717, 1.165) is 12.1 Å². The number of hydrogen-bond donors (Lipinski definition) is 1. The average molecular weight is 453 g/mol. The minimum absolute atomic E-state index is 0.121. The molecule has 1 N–H and O–H groups in total. The van der Waals surface area contributed by atoms with Gasteiger partial charge in [-0.2, -0.15) is 13.2 Å². The molecule has 1 aliphatic heterocycles. The third kappa shape index (κ3) is 5.58. The molecule has 0 aliphatic carbocycles. The standard InChI is InChI=1S/C23H24ClF3N2O2/c1-14(2)11-28-21(30)20-13-29(22(31)16-6-4-8-18(24)10-16)12-19(20)15-5-3-7-17(9-15)23(25,26)27/h3-10,14,19-20H,11-13H2,1-2H3,(H,28,30)/t19-,20-/m1/s1. The highest BCUT2D eigenvalue weighted by Gasteiger charge is 2.41. The van der Waals surface area contributed by atoms with Gasteiger partial charge in [0.25, 0.3) is 5.91 Å². The van der Waals surface area contributed by atoms with Crippen LogP contribution in [-0.4, -0.2) is 36.3 Å². The van der Waals surface area contributed by atoms with Gasteiger partial charge in [0.05, 0.1) is 11.5 Å². The molecule has 2 aromatic rings. The first kappa shape index (κ1) is 23.1. The zero-order valence-corrected chi connectivity index (χ0v) is 18.0. The molecule has 2 amide bonds. The van der Waals surface area contributed by atoms with Gasteiger partial charge >= 0.3 is 6.18 Å². The molecule has 8 heteroatoms. The lowest BCUT2D eigenvalue weighted by Crippen LogP contribution is -2.37. The van der Waals surface area contributed by atoms with E-state index >= 15 is 0 Å². The highest BCUT2D eigenvalue weighted by atomic mass is 35.5. The Hall–Kier alpha value is -2.54. The second kappa shape index (κ2) is 9.30. The summed E-state index contributed by atoms with van der Waals surface area (Å²) in [6.07, 6.45) is -4.49. The van der Waals surface area contributed by atoms with Crippen LogP contribution in [0, 0.1) is 11.8 Å². The largest absolute Gasteiger partial charge is 0.416 e. The third-order valence-corrected chi connectivity index (χ3v) is 5.58. The Kier molecular flexibility index (Phi) is 6.94. The van der Waals surface area contributed by atoms with Gasteiger partial charge in [-0.15, -0.1) is 0 Å². The van der Waals surface area contributed by atoms with Gasteiger partial charge in [0.2, 0.25) is 5.91 Å². The van der Waals surface area contributed by atoms with E-state index in [4.69, 9.17) is 11.6 Å². The summed E-state index contributed by atoms with van der Waals surface area (Å²) in [5, 5.41) is 3.26. The van der Waals surface area contributed by atoms with E-state index in [0.29, 0.717) is 22.7 Å². The summed E-state index contributed by atoms with van der Waals surface area (Å²) in [6.45, 7) is 4.62. The van der Waals surface area contributed by atoms with Crippen molar-refractivity contribution in [3.8, 4) is 0 Å². The van der Waals surface area contributed by atoms with E-state index in [1.165, 1.54) is 17.0 Å². The van der Waals surface area contributed by atoms with Crippen LogP contribution in [0.3, 0.4) is 0 Å². The monoisotopic (exact) mass is 452 g/mol. The van der Waals surface area contributed by atoms with Crippen molar-refractivity contribution in [2.75, 3.05) is 19.6 Å². The summed E-state index contributed by atoms with van der Waals surface area (Å²) >= 11 is 5.99. The molecule has 0 aromatic heterocycles. The van der Waals surface area contributed by atoms with Crippen LogP contribution in [0.5, 0.6) is 0 Å². The average Bonchev–Trinajstić information content (AvgIpc) is 3.16. The molecule has 0 spiro atoms. The summed E-state index contributed by atoms with van der Waals surface area (Å²) in [5.74, 6) is -1.54. The first-order valence-electron chi connectivity index (χ1n) is 10.1. The first-order chi connectivity index (χ1) is 14.6. The Morgan fingerprint density at radius 2 is 1.84 bits per heavy atom. The van der Waals surface area contributed by atoms with Crippen molar-refractivity contribution in [2.24, 2.45) is 11.8 Å². The van der Waals surface area contributed by atoms with Crippen molar-refractivity contribution >= 4 is 23.4 Å². The van der Waals surface area contributed by atoms with Crippen LogP contribution in [0.4, 0.5) is 13.2 Å². The second-order valence-electron chi connectivity index (χ2n) is 8.20. The molecular weight excluding hydrogens is 429 g/mol. The summed E-state index contributed by atoms with van der Waals surface area (Å²) < 4.78 is 39.7. The fraction of sp³-hybridized carbons (Fsp3) is 0.391. The summed E-state index contributed by atoms with van der Waals surface area (Å²) in [5.41, 5.74) is -0.00889. The molecule has 4 nitrogen and oxygen atoms in total. The van der Waals surface area contributed by atoms with Crippen LogP contribution < -0.4 is 5.32 Å². The number of hydrogen-bond acceptors (Lipinski definition) is 2. The lowest BCUT2D eigenvalue weighted by molar-refractivity contribution is -0.137. The van der Waals surface area contributed by atoms with Gasteiger partial charge in [-0.05, 0) is 35.7 Å². The van der Waals surface area contributed by atoms with Gasteiger partial charge in [-0.25, -0.2) is 0 Å². The van der Waals surface area contributed by atoms with Crippen LogP contribution in [0.1, 0.15) is 41.3 Å². The maximum absolute atomic E-state index is 13.2. The number of amides is 2. The van der Waals surface area contributed by atoms with Gasteiger partial charge in [0, 0.05) is 36.1 Å². The van der Waals surface area contributed by atoms with Crippen molar-refractivity contribution in [1.29, 1.82) is 0 Å². The molecule has 166 valence electrons. The molecule has 3 rings (SSSR count). The van der Waals surface area contributed by atoms with Crippen LogP contribution in [0.25, 0.3) is 0 Å². The molecule has 0 unspecified atom stereocenters. The Morgan fingerprint density at radius 3 is 2.48 bits per heavy atom. The van der Waals surface area contributed by atoms with Gasteiger partial charge in [-0.3, -0.25) is 9.59 Å². The Bertz CT molecular complexity index is 962. The lowest BCUT2D eigenvalue weighted by Gasteiger charge is -2.20. The summed E-state index contributed by atoms with van der Waals surface area (Å²) in [4.78, 5) is 27.4. The van der Waals surface area contributed by atoms with Crippen molar-refractivity contribution in [3.05, 3.63) is 70.2 Å². The molecule has 1 heterocycles. The molecule has 0 bridgehead atoms. The highest BCUT2D eigenvalue weighted by Crippen LogP contribution is 2.37. The number of benzene rings is 2. The number of likely N-dealkylation sites (tertiary alicyclic amines) is 1. The smallest absolute Gasteiger partial charge is 0.356 e. The normalized spacial score (nSPS) is 19.0. The minimum atomic E-state index is -4.49. The van der Waals surface area contributed by atoms with E-state index in [9.17, 15) is 22.8 Å². The molecule has 1 saturated heterocycles. The maximum atomic E-state index is 13.2. The van der Waals surface area contributed by atoms with E-state index in [1.807, 2.05) is 13.8 Å². The molecule has 2 atom stereocenters. The number of nitrogens with zero attached hydrogens (tertiary/aromatic N) is 1. The number of nitrogens with one attached hydrogen (secondary N) is 1. The zero-order valence-electron chi connectivity index (χ0n) is 17.2. The molecular formula is C23H24ClF3N2O2. The van der Waals surface area contributed by atoms with E-state index in [1.54, 1.807) is 24.3 Å². The predicted octanol–water partition coefficient (Wildman–Crippen LogP) is 4.99. The SMILES string of the molecule is CC(C)CNC(=O)[C@@H]1CN(C(=O)c2cccc(Cl)c2)C[C@@H]1c1cccc(C(F)(F)F)c1. The van der Waals surface area contributed by atoms with Gasteiger partial charge in [0.1, 0.15) is 0 Å². The Balaban J connectivity index is 1.90. The van der Waals surface area contributed by atoms with Crippen molar-refractivity contribution < 1.29 is 22.8 Å². The van der Waals surface area contributed by atoms with Crippen molar-refractivity contribution in [1.82, 2.24) is 10.2 Å². The van der Waals surface area contributed by atoms with Gasteiger partial charge in [0.15, 0.2) is 0 Å². The second-order valence-corrected chi connectivity index (χ2v) is 8.63. The van der Waals surface area contributed by atoms with E-state index in [-0.39, 0.29) is 30.8 Å². The van der Waals surface area contributed by atoms with Gasteiger partial charge < -0.3 is 10.2 Å². The molecule has 0 radical (unpaired) electrons. The first-order valence-corrected chi connectivity index (χ1v) is 10.4. The number of carbonyl (C=O) groups is 2. The number of carbonyl (C=O) groups excluding carboxylic acids is 2. The predicted molar refractivity (Wildman–Crippen MR) is 113 cm³/mol. The number of rotatable bonds is 5. The molecule has 31 heavy (non-hydrogen) atoms.